The molecule has 0 unspecified atom stereocenters. The van der Waals surface area contributed by atoms with E-state index in [1.165, 1.54) is 29.2 Å². The Hall–Kier alpha value is -6.16. The van der Waals surface area contributed by atoms with E-state index in [1.54, 1.807) is 52.8 Å². The first-order valence-electron chi connectivity index (χ1n) is 21.9. The van der Waals surface area contributed by atoms with Crippen LogP contribution < -0.4 is 5.32 Å². The molecule has 2 amide bonds. The molecule has 7 rings (SSSR count). The van der Waals surface area contributed by atoms with Gasteiger partial charge in [-0.2, -0.15) is 0 Å². The zero-order valence-electron chi connectivity index (χ0n) is 37.2. The number of carbonyl (C=O) groups excluding carboxylic acids is 6. The lowest BCUT2D eigenvalue weighted by atomic mass is 9.90. The Morgan fingerprint density at radius 1 is 0.923 bits per heavy atom. The summed E-state index contributed by atoms with van der Waals surface area (Å²) in [6.07, 6.45) is 1.61. The summed E-state index contributed by atoms with van der Waals surface area (Å²) in [6.45, 7) is 8.84. The van der Waals surface area contributed by atoms with Crippen molar-refractivity contribution in [3.05, 3.63) is 125 Å². The molecule has 0 aromatic heterocycles. The summed E-state index contributed by atoms with van der Waals surface area (Å²) in [5, 5.41) is 12.9. The number of fused-ring (bicyclic) bond motifs is 1. The second-order valence-corrected chi connectivity index (χ2v) is 18.4. The number of nitrogens with one attached hydrogen (secondary N) is 1. The average molecular weight is 893 g/mol. The molecule has 6 atom stereocenters. The lowest BCUT2D eigenvalue weighted by Gasteiger charge is -2.33. The van der Waals surface area contributed by atoms with E-state index in [0.717, 1.165) is 0 Å². The van der Waals surface area contributed by atoms with Gasteiger partial charge < -0.3 is 43.7 Å². The Morgan fingerprint density at radius 2 is 1.58 bits per heavy atom. The highest BCUT2D eigenvalue weighted by Gasteiger charge is 2.55. The van der Waals surface area contributed by atoms with Crippen LogP contribution in [0.25, 0.3) is 6.08 Å². The highest BCUT2D eigenvalue weighted by atomic mass is 16.8. The minimum atomic E-state index is -1.44. The quantitative estimate of drug-likeness (QED) is 0.120. The summed E-state index contributed by atoms with van der Waals surface area (Å²) < 4.78 is 35.7. The molecule has 3 heterocycles. The van der Waals surface area contributed by atoms with Crippen molar-refractivity contribution in [2.45, 2.75) is 115 Å². The van der Waals surface area contributed by atoms with E-state index < -0.39 is 95.6 Å². The molecule has 65 heavy (non-hydrogen) atoms. The van der Waals surface area contributed by atoms with Gasteiger partial charge in [0.05, 0.1) is 18.2 Å². The fourth-order valence-corrected chi connectivity index (χ4v) is 8.43. The fraction of sp³-hybridized carbons (Fsp3) is 0.440. The van der Waals surface area contributed by atoms with Crippen molar-refractivity contribution in [3.63, 3.8) is 0 Å². The highest BCUT2D eigenvalue weighted by Crippen LogP contribution is 2.47. The number of ether oxygens (including phenoxy) is 6. The standard InChI is InChI=1S/C50H56N2O13/c1-48(2,3)64-41(55)25-23-36(29-53)51-44(56)37-17-12-26-52(37)45(57)33-27-38(42-39(28-33)63-50(65-42,34-13-8-6-9-14-34)35-15-10-7-11-16-35)61-46(58)32-21-18-31(19-22-32)20-24-40(54)62-43-47(59)60-30-49(43,4)5/h6-11,13-16,18-22,24,28,36-39,42-43,53H,12,17,23,25-27,29-30H2,1-5H3,(H,51,56)/t36-,37+,38+,39+,42-,43-/m0/s1. The number of benzene rings is 3. The van der Waals surface area contributed by atoms with Gasteiger partial charge in [-0.05, 0) is 69.9 Å². The van der Waals surface area contributed by atoms with Gasteiger partial charge in [0, 0.05) is 47.6 Å². The summed E-state index contributed by atoms with van der Waals surface area (Å²) in [5.41, 5.74) is 1.08. The van der Waals surface area contributed by atoms with Crippen LogP contribution in [0.5, 0.6) is 0 Å². The lowest BCUT2D eigenvalue weighted by molar-refractivity contribution is -0.159. The first kappa shape index (κ1) is 46.8. The Balaban J connectivity index is 1.10. The van der Waals surface area contributed by atoms with Gasteiger partial charge in [0.1, 0.15) is 36.6 Å². The van der Waals surface area contributed by atoms with Crippen molar-refractivity contribution < 1.29 is 62.3 Å². The van der Waals surface area contributed by atoms with E-state index in [-0.39, 0.29) is 43.6 Å². The van der Waals surface area contributed by atoms with E-state index in [0.29, 0.717) is 29.5 Å². The maximum absolute atomic E-state index is 14.6. The predicted octanol–water partition coefficient (Wildman–Crippen LogP) is 5.33. The number of likely N-dealkylation sites (tertiary alicyclic amines) is 1. The minimum absolute atomic E-state index is 0.0155. The molecular formula is C50H56N2O13. The van der Waals surface area contributed by atoms with Gasteiger partial charge in [0.25, 0.3) is 0 Å². The molecule has 2 N–H and O–H groups in total. The SMILES string of the molecule is CC(C)(C)OC(=O)CC[C@@H](CO)NC(=O)[C@H]1CCCN1C(=O)C1=C[C@H]2OC(c3ccccc3)(c3ccccc3)O[C@H]2[C@H](OC(=O)c2ccc(C=CC(=O)O[C@H]3C(=O)OCC3(C)C)cc2)C1. The summed E-state index contributed by atoms with van der Waals surface area (Å²) in [5.74, 6) is -4.79. The number of rotatable bonds is 14. The van der Waals surface area contributed by atoms with Gasteiger partial charge >= 0.3 is 23.9 Å². The number of hydrogen-bond donors (Lipinski definition) is 2. The predicted molar refractivity (Wildman–Crippen MR) is 234 cm³/mol. The largest absolute Gasteiger partial charge is 0.462 e. The number of aliphatic hydroxyl groups is 1. The van der Waals surface area contributed by atoms with Crippen molar-refractivity contribution in [3.8, 4) is 0 Å². The molecule has 3 saturated heterocycles. The molecule has 3 fully saturated rings. The van der Waals surface area contributed by atoms with Crippen molar-refractivity contribution in [1.29, 1.82) is 0 Å². The van der Waals surface area contributed by atoms with Gasteiger partial charge in [-0.15, -0.1) is 0 Å². The summed E-state index contributed by atoms with van der Waals surface area (Å²) in [4.78, 5) is 80.8. The normalized spacial score (nSPS) is 23.8. The van der Waals surface area contributed by atoms with Crippen molar-refractivity contribution >= 4 is 41.8 Å². The molecule has 15 nitrogen and oxygen atoms in total. The number of carbonyl (C=O) groups is 6. The number of hydrogen-bond acceptors (Lipinski definition) is 13. The zero-order chi connectivity index (χ0) is 46.5. The average Bonchev–Trinajstić information content (AvgIpc) is 4.01. The van der Waals surface area contributed by atoms with Crippen LogP contribution in [0.2, 0.25) is 0 Å². The lowest BCUT2D eigenvalue weighted by Crippen LogP contribution is -2.51. The van der Waals surface area contributed by atoms with Crippen molar-refractivity contribution in [2.75, 3.05) is 19.8 Å². The van der Waals surface area contributed by atoms with Gasteiger partial charge in [-0.1, -0.05) is 86.6 Å². The zero-order valence-corrected chi connectivity index (χ0v) is 37.2. The van der Waals surface area contributed by atoms with Crippen LogP contribution in [-0.4, -0.2) is 108 Å². The molecule has 344 valence electrons. The van der Waals surface area contributed by atoms with Gasteiger partial charge in [0.15, 0.2) is 0 Å². The Bertz CT molecular complexity index is 2260. The molecule has 0 spiro atoms. The fourth-order valence-electron chi connectivity index (χ4n) is 8.43. The van der Waals surface area contributed by atoms with Crippen LogP contribution in [-0.2, 0) is 58.2 Å². The summed E-state index contributed by atoms with van der Waals surface area (Å²) >= 11 is 0. The Kier molecular flexibility index (Phi) is 14.1. The van der Waals surface area contributed by atoms with Gasteiger partial charge in [-0.3, -0.25) is 14.4 Å². The van der Waals surface area contributed by atoms with Gasteiger partial charge in [0.2, 0.25) is 23.7 Å². The highest BCUT2D eigenvalue weighted by molar-refractivity contribution is 5.98. The molecule has 3 aliphatic heterocycles. The smallest absolute Gasteiger partial charge is 0.348 e. The summed E-state index contributed by atoms with van der Waals surface area (Å²) in [6, 6.07) is 23.4. The number of aliphatic hydroxyl groups excluding tert-OH is 1. The molecule has 0 saturated carbocycles. The van der Waals surface area contributed by atoms with E-state index >= 15 is 0 Å². The molecule has 0 radical (unpaired) electrons. The second-order valence-electron chi connectivity index (χ2n) is 18.4. The molecule has 0 bridgehead atoms. The first-order chi connectivity index (χ1) is 31.0. The Morgan fingerprint density at radius 3 is 2.18 bits per heavy atom. The van der Waals surface area contributed by atoms with Crippen LogP contribution in [0.15, 0.2) is 103 Å². The van der Waals surface area contributed by atoms with Crippen molar-refractivity contribution in [2.24, 2.45) is 5.41 Å². The third-order valence-electron chi connectivity index (χ3n) is 11.7. The van der Waals surface area contributed by atoms with E-state index in [4.69, 9.17) is 28.4 Å². The minimum Gasteiger partial charge on any atom is -0.462 e. The van der Waals surface area contributed by atoms with Crippen LogP contribution in [0.1, 0.15) is 93.8 Å². The number of amides is 2. The molecular weight excluding hydrogens is 837 g/mol. The van der Waals surface area contributed by atoms with E-state index in [9.17, 15) is 33.9 Å². The molecule has 15 heteroatoms. The second kappa shape index (κ2) is 19.5. The van der Waals surface area contributed by atoms with Gasteiger partial charge in [-0.25, -0.2) is 14.4 Å². The van der Waals surface area contributed by atoms with Crippen LogP contribution in [0, 0.1) is 5.41 Å². The topological polar surface area (TPSA) is 193 Å². The first-order valence-corrected chi connectivity index (χ1v) is 21.9. The summed E-state index contributed by atoms with van der Waals surface area (Å²) in [7, 11) is 0. The molecule has 3 aromatic carbocycles. The van der Waals surface area contributed by atoms with E-state index in [2.05, 4.69) is 5.32 Å². The maximum atomic E-state index is 14.6. The molecule has 4 aliphatic rings. The van der Waals surface area contributed by atoms with Crippen molar-refractivity contribution in [1.82, 2.24) is 10.2 Å². The van der Waals surface area contributed by atoms with Crippen LogP contribution in [0.4, 0.5) is 0 Å². The number of cyclic esters (lactones) is 1. The third kappa shape index (κ3) is 10.9. The monoisotopic (exact) mass is 892 g/mol. The van der Waals surface area contributed by atoms with Crippen LogP contribution in [0.3, 0.4) is 0 Å². The maximum Gasteiger partial charge on any atom is 0.348 e. The number of nitrogens with zero attached hydrogens (tertiary/aromatic N) is 1. The van der Waals surface area contributed by atoms with Crippen LogP contribution >= 0.6 is 0 Å². The van der Waals surface area contributed by atoms with E-state index in [1.807, 2.05) is 60.7 Å². The molecule has 3 aromatic rings. The third-order valence-corrected chi connectivity index (χ3v) is 11.7. The Labute approximate surface area is 378 Å². The number of esters is 4. The molecule has 1 aliphatic carbocycles.